The van der Waals surface area contributed by atoms with Gasteiger partial charge in [0.1, 0.15) is 5.60 Å². The quantitative estimate of drug-likeness (QED) is 0.354. The number of ether oxygens (including phenoxy) is 2. The van der Waals surface area contributed by atoms with Crippen LogP contribution in [0.2, 0.25) is 0 Å². The molecule has 0 radical (unpaired) electrons. The SMILES string of the molecule is CN=C(NCCCNC(=O)OC(C)(C)C)NCC(C)N1CCOCC1C. The van der Waals surface area contributed by atoms with E-state index in [1.54, 1.807) is 7.05 Å². The topological polar surface area (TPSA) is 87.2 Å². The summed E-state index contributed by atoms with van der Waals surface area (Å²) in [5.41, 5.74) is -0.469. The van der Waals surface area contributed by atoms with Crippen LogP contribution < -0.4 is 16.0 Å². The molecule has 2 unspecified atom stereocenters. The van der Waals surface area contributed by atoms with Crippen LogP contribution in [0.4, 0.5) is 4.79 Å². The first-order chi connectivity index (χ1) is 12.2. The van der Waals surface area contributed by atoms with Crippen molar-refractivity contribution < 1.29 is 14.3 Å². The fourth-order valence-electron chi connectivity index (χ4n) is 2.78. The van der Waals surface area contributed by atoms with E-state index in [-0.39, 0.29) is 6.09 Å². The average molecular weight is 372 g/mol. The summed E-state index contributed by atoms with van der Waals surface area (Å²) >= 11 is 0. The van der Waals surface area contributed by atoms with Crippen molar-refractivity contribution in [2.45, 2.75) is 58.7 Å². The number of amides is 1. The van der Waals surface area contributed by atoms with Crippen molar-refractivity contribution in [1.82, 2.24) is 20.9 Å². The second kappa shape index (κ2) is 11.2. The maximum Gasteiger partial charge on any atom is 0.407 e. The van der Waals surface area contributed by atoms with E-state index in [0.29, 0.717) is 18.6 Å². The van der Waals surface area contributed by atoms with Crippen molar-refractivity contribution >= 4 is 12.1 Å². The third kappa shape index (κ3) is 9.24. The number of carbonyl (C=O) groups is 1. The van der Waals surface area contributed by atoms with Gasteiger partial charge in [-0.25, -0.2) is 4.79 Å². The van der Waals surface area contributed by atoms with Gasteiger partial charge in [0.15, 0.2) is 5.96 Å². The van der Waals surface area contributed by atoms with E-state index < -0.39 is 5.60 Å². The summed E-state index contributed by atoms with van der Waals surface area (Å²) in [6.45, 7) is 14.6. The lowest BCUT2D eigenvalue weighted by molar-refractivity contribution is -0.0174. The second-order valence-corrected chi connectivity index (χ2v) is 7.67. The predicted molar refractivity (Wildman–Crippen MR) is 105 cm³/mol. The normalized spacial score (nSPS) is 20.4. The third-order valence-corrected chi connectivity index (χ3v) is 4.09. The summed E-state index contributed by atoms with van der Waals surface area (Å²) in [6, 6.07) is 0.843. The molecule has 1 fully saturated rings. The molecule has 0 saturated carbocycles. The van der Waals surface area contributed by atoms with Crippen LogP contribution in [0, 0.1) is 0 Å². The van der Waals surface area contributed by atoms with Crippen LogP contribution in [0.1, 0.15) is 41.0 Å². The van der Waals surface area contributed by atoms with Crippen molar-refractivity contribution in [3.8, 4) is 0 Å². The predicted octanol–water partition coefficient (Wildman–Crippen LogP) is 1.18. The van der Waals surface area contributed by atoms with Gasteiger partial charge in [-0.1, -0.05) is 0 Å². The van der Waals surface area contributed by atoms with Crippen LogP contribution in [-0.2, 0) is 9.47 Å². The molecular formula is C18H37N5O3. The van der Waals surface area contributed by atoms with Crippen LogP contribution in [-0.4, -0.2) is 81.1 Å². The van der Waals surface area contributed by atoms with Crippen molar-refractivity contribution in [3.63, 3.8) is 0 Å². The highest BCUT2D eigenvalue weighted by molar-refractivity contribution is 5.79. The highest BCUT2D eigenvalue weighted by atomic mass is 16.6. The third-order valence-electron chi connectivity index (χ3n) is 4.09. The first-order valence-corrected chi connectivity index (χ1v) is 9.48. The molecule has 1 heterocycles. The molecule has 1 rings (SSSR count). The number of carbonyl (C=O) groups excluding carboxylic acids is 1. The van der Waals surface area contributed by atoms with E-state index in [0.717, 1.165) is 45.2 Å². The molecule has 0 aromatic carbocycles. The van der Waals surface area contributed by atoms with Gasteiger partial charge >= 0.3 is 6.09 Å². The highest BCUT2D eigenvalue weighted by Crippen LogP contribution is 2.10. The average Bonchev–Trinajstić information content (AvgIpc) is 2.55. The number of hydrogen-bond acceptors (Lipinski definition) is 5. The van der Waals surface area contributed by atoms with Gasteiger partial charge in [-0.05, 0) is 41.0 Å². The highest BCUT2D eigenvalue weighted by Gasteiger charge is 2.23. The van der Waals surface area contributed by atoms with Gasteiger partial charge in [-0.2, -0.15) is 0 Å². The zero-order chi connectivity index (χ0) is 19.6. The number of morpholine rings is 1. The Kier molecular flexibility index (Phi) is 9.72. The maximum absolute atomic E-state index is 11.6. The number of guanidine groups is 1. The summed E-state index contributed by atoms with van der Waals surface area (Å²) in [6.07, 6.45) is 0.407. The number of hydrogen-bond donors (Lipinski definition) is 3. The Balaban J connectivity index is 2.18. The lowest BCUT2D eigenvalue weighted by atomic mass is 10.2. The summed E-state index contributed by atoms with van der Waals surface area (Å²) in [5, 5.41) is 9.38. The van der Waals surface area contributed by atoms with Crippen LogP contribution in [0.3, 0.4) is 0 Å². The number of alkyl carbamates (subject to hydrolysis) is 1. The fraction of sp³-hybridized carbons (Fsp3) is 0.889. The van der Waals surface area contributed by atoms with Gasteiger partial charge < -0.3 is 25.4 Å². The molecule has 26 heavy (non-hydrogen) atoms. The first kappa shape index (κ1) is 22.5. The molecule has 152 valence electrons. The zero-order valence-corrected chi connectivity index (χ0v) is 17.2. The maximum atomic E-state index is 11.6. The minimum atomic E-state index is -0.469. The van der Waals surface area contributed by atoms with Crippen LogP contribution >= 0.6 is 0 Å². The Bertz CT molecular complexity index is 451. The van der Waals surface area contributed by atoms with E-state index in [9.17, 15) is 4.79 Å². The second-order valence-electron chi connectivity index (χ2n) is 7.67. The van der Waals surface area contributed by atoms with Crippen LogP contribution in [0.5, 0.6) is 0 Å². The van der Waals surface area contributed by atoms with E-state index >= 15 is 0 Å². The minimum absolute atomic E-state index is 0.381. The van der Waals surface area contributed by atoms with Gasteiger partial charge in [-0.15, -0.1) is 0 Å². The van der Waals surface area contributed by atoms with Gasteiger partial charge in [-0.3, -0.25) is 9.89 Å². The molecule has 0 aromatic heterocycles. The molecular weight excluding hydrogens is 334 g/mol. The molecule has 1 aliphatic rings. The molecule has 0 aliphatic carbocycles. The first-order valence-electron chi connectivity index (χ1n) is 9.48. The molecule has 1 saturated heterocycles. The lowest BCUT2D eigenvalue weighted by Crippen LogP contribution is -2.53. The van der Waals surface area contributed by atoms with Crippen LogP contribution in [0.25, 0.3) is 0 Å². The van der Waals surface area contributed by atoms with Gasteiger partial charge in [0.2, 0.25) is 0 Å². The molecule has 8 heteroatoms. The van der Waals surface area contributed by atoms with E-state index in [4.69, 9.17) is 9.47 Å². The van der Waals surface area contributed by atoms with Gasteiger partial charge in [0.25, 0.3) is 0 Å². The molecule has 0 bridgehead atoms. The van der Waals surface area contributed by atoms with Crippen molar-refractivity contribution in [3.05, 3.63) is 0 Å². The lowest BCUT2D eigenvalue weighted by Gasteiger charge is -2.38. The number of nitrogens with one attached hydrogen (secondary N) is 3. The molecule has 2 atom stereocenters. The molecule has 3 N–H and O–H groups in total. The van der Waals surface area contributed by atoms with Crippen molar-refractivity contribution in [1.29, 1.82) is 0 Å². The Hall–Kier alpha value is -1.54. The van der Waals surface area contributed by atoms with E-state index in [2.05, 4.69) is 39.7 Å². The zero-order valence-electron chi connectivity index (χ0n) is 17.2. The summed E-state index contributed by atoms with van der Waals surface area (Å²) < 4.78 is 10.7. The number of aliphatic imine (C=N–C) groups is 1. The molecule has 1 aliphatic heterocycles. The minimum Gasteiger partial charge on any atom is -0.444 e. The van der Waals surface area contributed by atoms with E-state index in [1.165, 1.54) is 0 Å². The summed E-state index contributed by atoms with van der Waals surface area (Å²) in [7, 11) is 1.76. The molecule has 8 nitrogen and oxygen atoms in total. The smallest absolute Gasteiger partial charge is 0.407 e. The number of nitrogens with zero attached hydrogens (tertiary/aromatic N) is 2. The largest absolute Gasteiger partial charge is 0.444 e. The Morgan fingerprint density at radius 1 is 1.31 bits per heavy atom. The standard InChI is InChI=1S/C18H37N5O3/c1-14(23-10-11-25-13-15(23)2)12-22-16(19-6)20-8-7-9-21-17(24)26-18(3,4)5/h14-15H,7-13H2,1-6H3,(H,21,24)(H2,19,20,22). The summed E-state index contributed by atoms with van der Waals surface area (Å²) in [4.78, 5) is 18.3. The fourth-order valence-corrected chi connectivity index (χ4v) is 2.78. The van der Waals surface area contributed by atoms with E-state index in [1.807, 2.05) is 20.8 Å². The molecule has 0 spiro atoms. The summed E-state index contributed by atoms with van der Waals surface area (Å²) in [5.74, 6) is 0.773. The number of rotatable bonds is 7. The Labute approximate surface area is 158 Å². The Morgan fingerprint density at radius 3 is 2.62 bits per heavy atom. The van der Waals surface area contributed by atoms with Gasteiger partial charge in [0.05, 0.1) is 13.2 Å². The molecule has 0 aromatic rings. The molecule has 1 amide bonds. The Morgan fingerprint density at radius 2 is 2.00 bits per heavy atom. The monoisotopic (exact) mass is 371 g/mol. The van der Waals surface area contributed by atoms with Crippen molar-refractivity contribution in [2.24, 2.45) is 4.99 Å². The van der Waals surface area contributed by atoms with Crippen molar-refractivity contribution in [2.75, 3.05) is 46.4 Å². The van der Waals surface area contributed by atoms with Gasteiger partial charge in [0, 0.05) is 45.3 Å². The van der Waals surface area contributed by atoms with Crippen LogP contribution in [0.15, 0.2) is 4.99 Å².